The van der Waals surface area contributed by atoms with Gasteiger partial charge < -0.3 is 15.0 Å². The molecule has 100 valence electrons. The van der Waals surface area contributed by atoms with E-state index in [0.717, 1.165) is 11.3 Å². The molecule has 5 nitrogen and oxygen atoms in total. The summed E-state index contributed by atoms with van der Waals surface area (Å²) in [5.41, 5.74) is 7.11. The van der Waals surface area contributed by atoms with Crippen molar-refractivity contribution in [2.75, 3.05) is 13.7 Å². The van der Waals surface area contributed by atoms with E-state index in [-0.39, 0.29) is 12.3 Å². The largest absolute Gasteiger partial charge is 0.383 e. The molecule has 1 aromatic carbocycles. The van der Waals surface area contributed by atoms with Crippen LogP contribution in [0.4, 0.5) is 0 Å². The average molecular weight is 259 g/mol. The molecule has 1 amide bonds. The summed E-state index contributed by atoms with van der Waals surface area (Å²) in [6.45, 7) is 1.22. The molecule has 0 fully saturated rings. The number of nitrogens with two attached hydrogens (primary N) is 1. The highest BCUT2D eigenvalue weighted by Crippen LogP contribution is 2.18. The van der Waals surface area contributed by atoms with E-state index < -0.39 is 0 Å². The third-order valence-corrected chi connectivity index (χ3v) is 2.80. The monoisotopic (exact) mass is 259 g/mol. The van der Waals surface area contributed by atoms with Crippen molar-refractivity contribution in [1.29, 1.82) is 0 Å². The highest BCUT2D eigenvalue weighted by molar-refractivity contribution is 5.76. The van der Waals surface area contributed by atoms with Crippen molar-refractivity contribution in [3.63, 3.8) is 0 Å². The summed E-state index contributed by atoms with van der Waals surface area (Å²) in [5, 5.41) is 0. The highest BCUT2D eigenvalue weighted by Gasteiger charge is 2.11. The number of carbonyl (C=O) groups excluding carboxylic acids is 1. The molecule has 0 saturated heterocycles. The zero-order valence-corrected chi connectivity index (χ0v) is 10.9. The van der Waals surface area contributed by atoms with Crippen molar-refractivity contribution in [3.8, 4) is 11.3 Å². The second kappa shape index (κ2) is 6.15. The Hall–Kier alpha value is -2.14. The number of aromatic nitrogens is 2. The Morgan fingerprint density at radius 1 is 1.37 bits per heavy atom. The third-order valence-electron chi connectivity index (χ3n) is 2.80. The zero-order chi connectivity index (χ0) is 13.7. The van der Waals surface area contributed by atoms with E-state index >= 15 is 0 Å². The van der Waals surface area contributed by atoms with E-state index in [2.05, 4.69) is 4.98 Å². The van der Waals surface area contributed by atoms with Crippen molar-refractivity contribution in [1.82, 2.24) is 9.55 Å². The lowest BCUT2D eigenvalue weighted by Gasteiger charge is -2.04. The van der Waals surface area contributed by atoms with Gasteiger partial charge in [-0.15, -0.1) is 0 Å². The maximum Gasteiger partial charge on any atom is 0.225 e. The first-order valence-corrected chi connectivity index (χ1v) is 6.09. The average Bonchev–Trinajstić information content (AvgIpc) is 2.80. The molecule has 0 radical (unpaired) electrons. The number of hydrogen-bond acceptors (Lipinski definition) is 3. The molecule has 19 heavy (non-hydrogen) atoms. The number of hydrogen-bond donors (Lipinski definition) is 1. The van der Waals surface area contributed by atoms with Gasteiger partial charge in [-0.1, -0.05) is 30.3 Å². The van der Waals surface area contributed by atoms with Gasteiger partial charge in [-0.3, -0.25) is 4.79 Å². The lowest BCUT2D eigenvalue weighted by Crippen LogP contribution is -2.18. The summed E-state index contributed by atoms with van der Waals surface area (Å²) in [6.07, 6.45) is 2.06. The van der Waals surface area contributed by atoms with Crippen molar-refractivity contribution in [2.45, 2.75) is 13.0 Å². The van der Waals surface area contributed by atoms with Gasteiger partial charge in [0.25, 0.3) is 0 Å². The molecule has 0 saturated carbocycles. The minimum absolute atomic E-state index is 0.135. The number of ether oxygens (including phenoxy) is 1. The van der Waals surface area contributed by atoms with Gasteiger partial charge in [-0.05, 0) is 0 Å². The van der Waals surface area contributed by atoms with Crippen LogP contribution in [0.1, 0.15) is 5.82 Å². The number of nitrogens with zero attached hydrogens (tertiary/aromatic N) is 2. The Morgan fingerprint density at radius 2 is 2.11 bits per heavy atom. The summed E-state index contributed by atoms with van der Waals surface area (Å²) < 4.78 is 6.97. The van der Waals surface area contributed by atoms with Crippen LogP contribution in [-0.4, -0.2) is 29.2 Å². The summed E-state index contributed by atoms with van der Waals surface area (Å²) in [5.74, 6) is 0.285. The number of carbonyl (C=O) groups is 1. The first-order chi connectivity index (χ1) is 9.20. The number of imidazole rings is 1. The van der Waals surface area contributed by atoms with Crippen LogP contribution in [0.25, 0.3) is 11.3 Å². The molecule has 1 heterocycles. The van der Waals surface area contributed by atoms with Crippen molar-refractivity contribution in [3.05, 3.63) is 42.4 Å². The number of amides is 1. The molecule has 2 aromatic rings. The number of rotatable bonds is 6. The summed E-state index contributed by atoms with van der Waals surface area (Å²) in [7, 11) is 1.64. The molecule has 0 unspecified atom stereocenters. The molecule has 0 bridgehead atoms. The Morgan fingerprint density at radius 3 is 2.74 bits per heavy atom. The van der Waals surface area contributed by atoms with Crippen LogP contribution in [0.3, 0.4) is 0 Å². The van der Waals surface area contributed by atoms with E-state index in [9.17, 15) is 4.79 Å². The van der Waals surface area contributed by atoms with E-state index in [1.807, 2.05) is 41.1 Å². The number of methoxy groups -OCH3 is 1. The molecule has 0 aliphatic heterocycles. The second-order valence-electron chi connectivity index (χ2n) is 4.24. The Balaban J connectivity index is 2.31. The first kappa shape index (κ1) is 13.3. The minimum atomic E-state index is -0.385. The van der Waals surface area contributed by atoms with Crippen LogP contribution in [-0.2, 0) is 22.5 Å². The molecule has 0 spiro atoms. The number of primary amides is 1. The van der Waals surface area contributed by atoms with E-state index in [0.29, 0.717) is 19.0 Å². The molecule has 5 heteroatoms. The van der Waals surface area contributed by atoms with Crippen LogP contribution in [0.15, 0.2) is 36.5 Å². The van der Waals surface area contributed by atoms with Gasteiger partial charge in [0.1, 0.15) is 5.82 Å². The normalized spacial score (nSPS) is 10.6. The van der Waals surface area contributed by atoms with Gasteiger partial charge in [0.15, 0.2) is 0 Å². The quantitative estimate of drug-likeness (QED) is 0.848. The van der Waals surface area contributed by atoms with Crippen LogP contribution in [0.2, 0.25) is 0 Å². The van der Waals surface area contributed by atoms with Crippen LogP contribution < -0.4 is 5.73 Å². The topological polar surface area (TPSA) is 70.1 Å². The smallest absolute Gasteiger partial charge is 0.225 e. The fourth-order valence-corrected chi connectivity index (χ4v) is 1.88. The molecular formula is C14H17N3O2. The molecule has 2 N–H and O–H groups in total. The Bertz CT molecular complexity index is 549. The molecule has 2 rings (SSSR count). The molecule has 1 aromatic heterocycles. The van der Waals surface area contributed by atoms with Crippen LogP contribution >= 0.6 is 0 Å². The van der Waals surface area contributed by atoms with Gasteiger partial charge in [0, 0.05) is 25.4 Å². The molecule has 0 atom stereocenters. The predicted molar refractivity (Wildman–Crippen MR) is 72.4 cm³/mol. The fraction of sp³-hybridized carbons (Fsp3) is 0.286. The zero-order valence-electron chi connectivity index (χ0n) is 10.9. The summed E-state index contributed by atoms with van der Waals surface area (Å²) in [6, 6.07) is 9.83. The van der Waals surface area contributed by atoms with Crippen LogP contribution in [0.5, 0.6) is 0 Å². The van der Waals surface area contributed by atoms with Crippen molar-refractivity contribution >= 4 is 5.91 Å². The van der Waals surface area contributed by atoms with Gasteiger partial charge in [-0.2, -0.15) is 0 Å². The van der Waals surface area contributed by atoms with Crippen molar-refractivity contribution in [2.24, 2.45) is 5.73 Å². The summed E-state index contributed by atoms with van der Waals surface area (Å²) in [4.78, 5) is 15.6. The third kappa shape index (κ3) is 3.42. The Labute approximate surface area is 112 Å². The standard InChI is InChI=1S/C14H17N3O2/c1-19-8-7-17-10-12(11-5-3-2-4-6-11)16-14(17)9-13(15)18/h2-6,10H,7-9H2,1H3,(H2,15,18). The lowest BCUT2D eigenvalue weighted by atomic mass is 10.2. The maximum absolute atomic E-state index is 11.1. The SMILES string of the molecule is COCCn1cc(-c2ccccc2)nc1CC(N)=O. The fourth-order valence-electron chi connectivity index (χ4n) is 1.88. The predicted octanol–water partition coefficient (Wildman–Crippen LogP) is 1.22. The lowest BCUT2D eigenvalue weighted by molar-refractivity contribution is -0.117. The van der Waals surface area contributed by atoms with E-state index in [1.165, 1.54) is 0 Å². The first-order valence-electron chi connectivity index (χ1n) is 6.09. The van der Waals surface area contributed by atoms with Gasteiger partial charge in [0.2, 0.25) is 5.91 Å². The van der Waals surface area contributed by atoms with Gasteiger partial charge >= 0.3 is 0 Å². The molecule has 0 aliphatic rings. The Kier molecular flexibility index (Phi) is 4.30. The molecular weight excluding hydrogens is 242 g/mol. The maximum atomic E-state index is 11.1. The second-order valence-corrected chi connectivity index (χ2v) is 4.24. The van der Waals surface area contributed by atoms with Gasteiger partial charge in [0.05, 0.1) is 18.7 Å². The molecule has 0 aliphatic carbocycles. The highest BCUT2D eigenvalue weighted by atomic mass is 16.5. The minimum Gasteiger partial charge on any atom is -0.383 e. The van der Waals surface area contributed by atoms with E-state index in [1.54, 1.807) is 7.11 Å². The summed E-state index contributed by atoms with van der Waals surface area (Å²) >= 11 is 0. The van der Waals surface area contributed by atoms with E-state index in [4.69, 9.17) is 10.5 Å². The van der Waals surface area contributed by atoms with Crippen LogP contribution in [0, 0.1) is 0 Å². The van der Waals surface area contributed by atoms with Gasteiger partial charge in [-0.25, -0.2) is 4.98 Å². The van der Waals surface area contributed by atoms with Crippen molar-refractivity contribution < 1.29 is 9.53 Å². The number of benzene rings is 1.